The van der Waals surface area contributed by atoms with Crippen molar-refractivity contribution >= 4 is 17.3 Å². The molecule has 0 saturated carbocycles. The lowest BCUT2D eigenvalue weighted by atomic mass is 10.1. The standard InChI is InChI=1S/C12H16N2O/c1-8-5-4-6-10-12(8)14(3)11(15)7-9(2)13-10/h4-6,9,13H,7H2,1-3H3. The first-order chi connectivity index (χ1) is 7.09. The van der Waals surface area contributed by atoms with E-state index in [2.05, 4.69) is 5.32 Å². The summed E-state index contributed by atoms with van der Waals surface area (Å²) >= 11 is 0. The summed E-state index contributed by atoms with van der Waals surface area (Å²) in [5, 5.41) is 3.36. The van der Waals surface area contributed by atoms with E-state index in [9.17, 15) is 4.79 Å². The van der Waals surface area contributed by atoms with Crippen molar-refractivity contribution in [2.24, 2.45) is 0 Å². The number of rotatable bonds is 0. The van der Waals surface area contributed by atoms with Crippen LogP contribution in [0.4, 0.5) is 11.4 Å². The van der Waals surface area contributed by atoms with Crippen LogP contribution in [0.5, 0.6) is 0 Å². The van der Waals surface area contributed by atoms with Gasteiger partial charge in [-0.05, 0) is 25.5 Å². The highest BCUT2D eigenvalue weighted by atomic mass is 16.2. The van der Waals surface area contributed by atoms with Crippen molar-refractivity contribution < 1.29 is 4.79 Å². The average Bonchev–Trinajstić information content (AvgIpc) is 2.26. The van der Waals surface area contributed by atoms with Crippen molar-refractivity contribution in [2.45, 2.75) is 26.3 Å². The van der Waals surface area contributed by atoms with E-state index in [4.69, 9.17) is 0 Å². The fourth-order valence-corrected chi connectivity index (χ4v) is 2.06. The van der Waals surface area contributed by atoms with Crippen molar-refractivity contribution in [3.63, 3.8) is 0 Å². The number of anilines is 2. The maximum Gasteiger partial charge on any atom is 0.228 e. The van der Waals surface area contributed by atoms with Crippen LogP contribution in [0.25, 0.3) is 0 Å². The van der Waals surface area contributed by atoms with E-state index in [1.807, 2.05) is 39.1 Å². The Balaban J connectivity index is 2.55. The summed E-state index contributed by atoms with van der Waals surface area (Å²) in [5.74, 6) is 0.169. The highest BCUT2D eigenvalue weighted by molar-refractivity contribution is 5.99. The molecule has 1 aromatic carbocycles. The zero-order chi connectivity index (χ0) is 11.0. The van der Waals surface area contributed by atoms with E-state index in [0.29, 0.717) is 6.42 Å². The van der Waals surface area contributed by atoms with Crippen molar-refractivity contribution in [3.05, 3.63) is 23.8 Å². The molecule has 1 aliphatic rings. The number of carbonyl (C=O) groups excluding carboxylic acids is 1. The fourth-order valence-electron chi connectivity index (χ4n) is 2.06. The van der Waals surface area contributed by atoms with E-state index in [1.54, 1.807) is 4.90 Å². The third-order valence-corrected chi connectivity index (χ3v) is 2.83. The first-order valence-corrected chi connectivity index (χ1v) is 5.22. The number of nitrogens with zero attached hydrogens (tertiary/aromatic N) is 1. The molecule has 0 aromatic heterocycles. The zero-order valence-electron chi connectivity index (χ0n) is 9.37. The van der Waals surface area contributed by atoms with E-state index in [0.717, 1.165) is 16.9 Å². The Morgan fingerprint density at radius 2 is 2.20 bits per heavy atom. The van der Waals surface area contributed by atoms with Gasteiger partial charge in [0.2, 0.25) is 5.91 Å². The molecule has 2 rings (SSSR count). The second kappa shape index (κ2) is 3.57. The second-order valence-electron chi connectivity index (χ2n) is 4.17. The van der Waals surface area contributed by atoms with Crippen molar-refractivity contribution in [3.8, 4) is 0 Å². The summed E-state index contributed by atoms with van der Waals surface area (Å²) in [7, 11) is 1.84. The van der Waals surface area contributed by atoms with Crippen LogP contribution in [0.1, 0.15) is 18.9 Å². The molecule has 80 valence electrons. The molecule has 1 N–H and O–H groups in total. The highest BCUT2D eigenvalue weighted by Crippen LogP contribution is 2.32. The van der Waals surface area contributed by atoms with E-state index in [-0.39, 0.29) is 11.9 Å². The second-order valence-corrected chi connectivity index (χ2v) is 4.17. The molecule has 0 bridgehead atoms. The van der Waals surface area contributed by atoms with Crippen LogP contribution >= 0.6 is 0 Å². The summed E-state index contributed by atoms with van der Waals surface area (Å²) in [5.41, 5.74) is 3.19. The molecular weight excluding hydrogens is 188 g/mol. The summed E-state index contributed by atoms with van der Waals surface area (Å²) < 4.78 is 0. The van der Waals surface area contributed by atoms with Crippen LogP contribution in [-0.4, -0.2) is 19.0 Å². The molecule has 3 nitrogen and oxygen atoms in total. The number of hydrogen-bond acceptors (Lipinski definition) is 2. The van der Waals surface area contributed by atoms with Gasteiger partial charge in [0, 0.05) is 19.5 Å². The van der Waals surface area contributed by atoms with Crippen LogP contribution < -0.4 is 10.2 Å². The van der Waals surface area contributed by atoms with Gasteiger partial charge in [0.1, 0.15) is 0 Å². The molecule has 1 atom stereocenters. The Morgan fingerprint density at radius 1 is 1.47 bits per heavy atom. The minimum absolute atomic E-state index is 0.169. The average molecular weight is 204 g/mol. The number of nitrogens with one attached hydrogen (secondary N) is 1. The van der Waals surface area contributed by atoms with Crippen LogP contribution in [-0.2, 0) is 4.79 Å². The third kappa shape index (κ3) is 1.69. The van der Waals surface area contributed by atoms with E-state index < -0.39 is 0 Å². The van der Waals surface area contributed by atoms with Crippen LogP contribution in [0.3, 0.4) is 0 Å². The first-order valence-electron chi connectivity index (χ1n) is 5.22. The molecule has 0 aliphatic carbocycles. The number of carbonyl (C=O) groups is 1. The Kier molecular flexibility index (Phi) is 2.39. The number of para-hydroxylation sites is 1. The van der Waals surface area contributed by atoms with Crippen molar-refractivity contribution in [1.29, 1.82) is 0 Å². The maximum absolute atomic E-state index is 11.8. The monoisotopic (exact) mass is 204 g/mol. The highest BCUT2D eigenvalue weighted by Gasteiger charge is 2.23. The molecule has 3 heteroatoms. The van der Waals surface area contributed by atoms with Gasteiger partial charge in [0.15, 0.2) is 0 Å². The minimum atomic E-state index is 0.169. The summed E-state index contributed by atoms with van der Waals surface area (Å²) in [6.45, 7) is 4.06. The lowest BCUT2D eigenvalue weighted by Crippen LogP contribution is -2.27. The Bertz CT molecular complexity index is 401. The number of amides is 1. The Hall–Kier alpha value is -1.51. The Morgan fingerprint density at radius 3 is 2.93 bits per heavy atom. The Labute approximate surface area is 90.1 Å². The molecule has 0 saturated heterocycles. The summed E-state index contributed by atoms with van der Waals surface area (Å²) in [6, 6.07) is 6.26. The topological polar surface area (TPSA) is 32.3 Å². The van der Waals surface area contributed by atoms with Gasteiger partial charge in [-0.3, -0.25) is 4.79 Å². The molecule has 1 amide bonds. The van der Waals surface area contributed by atoms with Crippen LogP contribution in [0.2, 0.25) is 0 Å². The molecule has 15 heavy (non-hydrogen) atoms. The predicted octanol–water partition coefficient (Wildman–Crippen LogP) is 2.16. The van der Waals surface area contributed by atoms with Gasteiger partial charge in [-0.2, -0.15) is 0 Å². The molecule has 0 radical (unpaired) electrons. The predicted molar refractivity (Wildman–Crippen MR) is 62.3 cm³/mol. The molecule has 1 heterocycles. The smallest absolute Gasteiger partial charge is 0.228 e. The largest absolute Gasteiger partial charge is 0.380 e. The lowest BCUT2D eigenvalue weighted by molar-refractivity contribution is -0.118. The van der Waals surface area contributed by atoms with Gasteiger partial charge in [-0.15, -0.1) is 0 Å². The van der Waals surface area contributed by atoms with E-state index >= 15 is 0 Å². The molecular formula is C12H16N2O. The van der Waals surface area contributed by atoms with Gasteiger partial charge >= 0.3 is 0 Å². The maximum atomic E-state index is 11.8. The zero-order valence-corrected chi connectivity index (χ0v) is 9.37. The molecule has 0 fully saturated rings. The van der Waals surface area contributed by atoms with Crippen molar-refractivity contribution in [2.75, 3.05) is 17.3 Å². The van der Waals surface area contributed by atoms with E-state index in [1.165, 1.54) is 0 Å². The lowest BCUT2D eigenvalue weighted by Gasteiger charge is -2.19. The molecule has 1 aliphatic heterocycles. The molecule has 1 unspecified atom stereocenters. The normalized spacial score (nSPS) is 20.6. The van der Waals surface area contributed by atoms with Gasteiger partial charge in [0.25, 0.3) is 0 Å². The third-order valence-electron chi connectivity index (χ3n) is 2.83. The van der Waals surface area contributed by atoms with Gasteiger partial charge in [0.05, 0.1) is 11.4 Å². The van der Waals surface area contributed by atoms with Gasteiger partial charge in [-0.1, -0.05) is 12.1 Å². The fraction of sp³-hybridized carbons (Fsp3) is 0.417. The number of aryl methyl sites for hydroxylation is 1. The molecule has 1 aromatic rings. The van der Waals surface area contributed by atoms with Gasteiger partial charge < -0.3 is 10.2 Å². The number of hydrogen-bond donors (Lipinski definition) is 1. The quantitative estimate of drug-likeness (QED) is 0.702. The van der Waals surface area contributed by atoms with Crippen LogP contribution in [0.15, 0.2) is 18.2 Å². The van der Waals surface area contributed by atoms with Gasteiger partial charge in [-0.25, -0.2) is 0 Å². The van der Waals surface area contributed by atoms with Crippen molar-refractivity contribution in [1.82, 2.24) is 0 Å². The first kappa shape index (κ1) is 10.0. The SMILES string of the molecule is Cc1cccc2c1N(C)C(=O)CC(C)N2. The summed E-state index contributed by atoms with van der Waals surface area (Å²) in [4.78, 5) is 13.6. The number of fused-ring (bicyclic) bond motifs is 1. The van der Waals surface area contributed by atoms with Crippen LogP contribution in [0, 0.1) is 6.92 Å². The molecule has 0 spiro atoms. The number of benzene rings is 1. The minimum Gasteiger partial charge on any atom is -0.380 e. The summed E-state index contributed by atoms with van der Waals surface area (Å²) in [6.07, 6.45) is 0.546.